The Morgan fingerprint density at radius 3 is 2.71 bits per heavy atom. The summed E-state index contributed by atoms with van der Waals surface area (Å²) in [6.45, 7) is 2.06. The fourth-order valence-electron chi connectivity index (χ4n) is 2.92. The fourth-order valence-corrected chi connectivity index (χ4v) is 3.23. The third-order valence-electron chi connectivity index (χ3n) is 3.93. The van der Waals surface area contributed by atoms with E-state index < -0.39 is 0 Å². The molecule has 1 aromatic carbocycles. The Kier molecular flexibility index (Phi) is 2.87. The first kappa shape index (κ1) is 11.2. The molecule has 0 aliphatic heterocycles. The second kappa shape index (κ2) is 4.38. The number of benzene rings is 1. The van der Waals surface area contributed by atoms with E-state index in [9.17, 15) is 0 Å². The van der Waals surface area contributed by atoms with Crippen LogP contribution >= 0.6 is 11.6 Å². The average Bonchev–Trinajstić information content (AvgIpc) is 2.71. The van der Waals surface area contributed by atoms with Crippen molar-refractivity contribution in [1.29, 1.82) is 0 Å². The third kappa shape index (κ3) is 1.97. The van der Waals surface area contributed by atoms with Gasteiger partial charge in [0.15, 0.2) is 0 Å². The number of halogens is 1. The highest BCUT2D eigenvalue weighted by molar-refractivity contribution is 6.32. The van der Waals surface area contributed by atoms with Gasteiger partial charge in [0.25, 0.3) is 0 Å². The van der Waals surface area contributed by atoms with Gasteiger partial charge in [-0.15, -0.1) is 0 Å². The van der Waals surface area contributed by atoms with Crippen LogP contribution in [-0.2, 0) is 0 Å². The van der Waals surface area contributed by atoms with Crippen LogP contribution in [0.3, 0.4) is 0 Å². The molecular weight excluding hydrogens is 232 g/mol. The monoisotopic (exact) mass is 248 g/mol. The van der Waals surface area contributed by atoms with Crippen molar-refractivity contribution < 1.29 is 4.42 Å². The van der Waals surface area contributed by atoms with E-state index in [1.807, 2.05) is 6.26 Å². The van der Waals surface area contributed by atoms with Gasteiger partial charge in [0, 0.05) is 10.4 Å². The number of fused-ring (bicyclic) bond motifs is 1. The molecule has 1 aromatic heterocycles. The van der Waals surface area contributed by atoms with Gasteiger partial charge in [-0.1, -0.05) is 30.9 Å². The lowest BCUT2D eigenvalue weighted by atomic mass is 9.84. The summed E-state index contributed by atoms with van der Waals surface area (Å²) in [6.07, 6.45) is 8.38. The summed E-state index contributed by atoms with van der Waals surface area (Å²) < 4.78 is 5.58. The first-order valence-corrected chi connectivity index (χ1v) is 6.81. The molecule has 0 atom stereocenters. The number of furan rings is 1. The highest BCUT2D eigenvalue weighted by atomic mass is 35.5. The maximum Gasteiger partial charge on any atom is 0.134 e. The Balaban J connectivity index is 2.06. The van der Waals surface area contributed by atoms with Crippen LogP contribution in [0.1, 0.15) is 49.1 Å². The molecule has 1 aliphatic rings. The summed E-state index contributed by atoms with van der Waals surface area (Å²) in [5.74, 6) is 0.631. The molecule has 1 fully saturated rings. The van der Waals surface area contributed by atoms with Crippen LogP contribution in [0, 0.1) is 6.92 Å². The van der Waals surface area contributed by atoms with Crippen molar-refractivity contribution in [3.63, 3.8) is 0 Å². The van der Waals surface area contributed by atoms with Crippen molar-refractivity contribution in [2.24, 2.45) is 0 Å². The number of hydrogen-bond acceptors (Lipinski definition) is 1. The van der Waals surface area contributed by atoms with Crippen LogP contribution in [-0.4, -0.2) is 0 Å². The molecule has 0 unspecified atom stereocenters. The summed E-state index contributed by atoms with van der Waals surface area (Å²) in [5, 5.41) is 2.06. The lowest BCUT2D eigenvalue weighted by Crippen LogP contribution is -2.04. The van der Waals surface area contributed by atoms with E-state index in [-0.39, 0.29) is 0 Å². The van der Waals surface area contributed by atoms with Crippen LogP contribution < -0.4 is 0 Å². The maximum atomic E-state index is 6.42. The van der Waals surface area contributed by atoms with Gasteiger partial charge in [0.2, 0.25) is 0 Å². The average molecular weight is 249 g/mol. The summed E-state index contributed by atoms with van der Waals surface area (Å²) in [4.78, 5) is 0. The molecule has 0 amide bonds. The smallest absolute Gasteiger partial charge is 0.134 e. The molecule has 90 valence electrons. The predicted molar refractivity (Wildman–Crippen MR) is 71.8 cm³/mol. The second-order valence-corrected chi connectivity index (χ2v) is 5.53. The van der Waals surface area contributed by atoms with Crippen molar-refractivity contribution in [3.8, 4) is 0 Å². The lowest BCUT2D eigenvalue weighted by molar-refractivity contribution is 0.443. The molecule has 0 spiro atoms. The van der Waals surface area contributed by atoms with E-state index in [1.54, 1.807) is 0 Å². The lowest BCUT2D eigenvalue weighted by Gasteiger charge is -2.22. The van der Waals surface area contributed by atoms with Gasteiger partial charge in [-0.25, -0.2) is 0 Å². The van der Waals surface area contributed by atoms with E-state index in [0.29, 0.717) is 5.92 Å². The van der Waals surface area contributed by atoms with Crippen molar-refractivity contribution >= 4 is 22.6 Å². The fraction of sp³-hybridized carbons (Fsp3) is 0.467. The van der Waals surface area contributed by atoms with Crippen molar-refractivity contribution in [2.75, 3.05) is 0 Å². The highest BCUT2D eigenvalue weighted by Crippen LogP contribution is 2.38. The normalized spacial score (nSPS) is 17.8. The zero-order chi connectivity index (χ0) is 11.8. The molecule has 1 heterocycles. The Bertz CT molecular complexity index is 535. The highest BCUT2D eigenvalue weighted by Gasteiger charge is 2.19. The molecule has 0 bridgehead atoms. The minimum Gasteiger partial charge on any atom is -0.464 e. The molecule has 1 nitrogen and oxygen atoms in total. The van der Waals surface area contributed by atoms with E-state index in [1.165, 1.54) is 37.7 Å². The predicted octanol–water partition coefficient (Wildman–Crippen LogP) is 5.44. The van der Waals surface area contributed by atoms with Gasteiger partial charge in [0.1, 0.15) is 5.58 Å². The molecule has 1 aliphatic carbocycles. The van der Waals surface area contributed by atoms with Gasteiger partial charge < -0.3 is 4.42 Å². The summed E-state index contributed by atoms with van der Waals surface area (Å²) >= 11 is 6.42. The van der Waals surface area contributed by atoms with Crippen molar-refractivity contribution in [1.82, 2.24) is 0 Å². The van der Waals surface area contributed by atoms with Crippen molar-refractivity contribution in [2.45, 2.75) is 44.9 Å². The van der Waals surface area contributed by atoms with Gasteiger partial charge in [-0.2, -0.15) is 0 Å². The van der Waals surface area contributed by atoms with Crippen molar-refractivity contribution in [3.05, 3.63) is 34.5 Å². The quantitative estimate of drug-likeness (QED) is 0.655. The van der Waals surface area contributed by atoms with Crippen LogP contribution in [0.15, 0.2) is 22.8 Å². The molecule has 3 rings (SSSR count). The van der Waals surface area contributed by atoms with Gasteiger partial charge in [-0.3, -0.25) is 0 Å². The molecule has 0 N–H and O–H groups in total. The number of rotatable bonds is 1. The first-order chi connectivity index (χ1) is 8.25. The molecule has 0 radical (unpaired) electrons. The van der Waals surface area contributed by atoms with E-state index >= 15 is 0 Å². The van der Waals surface area contributed by atoms with Crippen LogP contribution in [0.25, 0.3) is 11.0 Å². The standard InChI is InChI=1S/C15H17ClO/c1-10-9-17-15-8-13(14(16)7-12(10)15)11-5-3-2-4-6-11/h7-9,11H,2-6H2,1H3. The van der Waals surface area contributed by atoms with Gasteiger partial charge >= 0.3 is 0 Å². The summed E-state index contributed by atoms with van der Waals surface area (Å²) in [7, 11) is 0. The Morgan fingerprint density at radius 1 is 1.18 bits per heavy atom. The van der Waals surface area contributed by atoms with Gasteiger partial charge in [-0.05, 0) is 48.9 Å². The SMILES string of the molecule is Cc1coc2cc(C3CCCCC3)c(Cl)cc12. The van der Waals surface area contributed by atoms with E-state index in [2.05, 4.69) is 19.1 Å². The number of hydrogen-bond donors (Lipinski definition) is 0. The second-order valence-electron chi connectivity index (χ2n) is 5.12. The molecule has 1 saturated carbocycles. The minimum absolute atomic E-state index is 0.631. The van der Waals surface area contributed by atoms with Crippen LogP contribution in [0.2, 0.25) is 5.02 Å². The third-order valence-corrected chi connectivity index (χ3v) is 4.26. The van der Waals surface area contributed by atoms with Crippen LogP contribution in [0.5, 0.6) is 0 Å². The molecule has 2 aromatic rings. The molecular formula is C15H17ClO. The molecule has 0 saturated heterocycles. The van der Waals surface area contributed by atoms with Gasteiger partial charge in [0.05, 0.1) is 6.26 Å². The summed E-state index contributed by atoms with van der Waals surface area (Å²) in [6, 6.07) is 4.22. The maximum absolute atomic E-state index is 6.42. The molecule has 17 heavy (non-hydrogen) atoms. The van der Waals surface area contributed by atoms with E-state index in [4.69, 9.17) is 16.0 Å². The zero-order valence-electron chi connectivity index (χ0n) is 10.1. The van der Waals surface area contributed by atoms with E-state index in [0.717, 1.165) is 21.6 Å². The zero-order valence-corrected chi connectivity index (χ0v) is 10.9. The topological polar surface area (TPSA) is 13.1 Å². The molecule has 2 heteroatoms. The Labute approximate surface area is 107 Å². The Hall–Kier alpha value is -0.950. The Morgan fingerprint density at radius 2 is 1.94 bits per heavy atom. The minimum atomic E-state index is 0.631. The largest absolute Gasteiger partial charge is 0.464 e. The number of aryl methyl sites for hydroxylation is 1. The summed E-state index contributed by atoms with van der Waals surface area (Å²) in [5.41, 5.74) is 3.43. The first-order valence-electron chi connectivity index (χ1n) is 6.43. The van der Waals surface area contributed by atoms with Crippen LogP contribution in [0.4, 0.5) is 0 Å².